The molecule has 0 bridgehead atoms. The Hall–Kier alpha value is -1.89. The second kappa shape index (κ2) is 3.06. The van der Waals surface area contributed by atoms with Gasteiger partial charge in [-0.15, -0.1) is 0 Å². The molecule has 0 radical (unpaired) electrons. The van der Waals surface area contributed by atoms with Crippen LogP contribution in [0.2, 0.25) is 0 Å². The number of imide groups is 1. The largest absolute Gasteiger partial charge is 0.339 e. The fraction of sp³-hybridized carbons (Fsp3) is 0.375. The smallest absolute Gasteiger partial charge is 0.280 e. The summed E-state index contributed by atoms with van der Waals surface area (Å²) in [6.07, 6.45) is 1.89. The number of hydrogen-bond acceptors (Lipinski definition) is 4. The lowest BCUT2D eigenvalue weighted by molar-refractivity contribution is -0.127. The van der Waals surface area contributed by atoms with E-state index in [-0.39, 0.29) is 0 Å². The summed E-state index contributed by atoms with van der Waals surface area (Å²) < 4.78 is 0. The topological polar surface area (TPSA) is 104 Å². The first kappa shape index (κ1) is 9.66. The van der Waals surface area contributed by atoms with Crippen LogP contribution in [-0.4, -0.2) is 27.1 Å². The molecular weight excluding hydrogens is 198 g/mol. The number of nitrogens with zero attached hydrogens (tertiary/aromatic N) is 2. The zero-order valence-corrected chi connectivity index (χ0v) is 8.15. The number of carbonyl (C=O) groups is 2. The molecule has 1 aromatic rings. The van der Waals surface area contributed by atoms with Crippen LogP contribution < -0.4 is 11.2 Å². The van der Waals surface area contributed by atoms with Crippen LogP contribution in [0.15, 0.2) is 12.3 Å². The van der Waals surface area contributed by atoms with E-state index in [0.717, 1.165) is 5.01 Å². The van der Waals surface area contributed by atoms with Crippen LogP contribution in [0, 0.1) is 0 Å². The summed E-state index contributed by atoms with van der Waals surface area (Å²) in [5.74, 6) is 5.17. The van der Waals surface area contributed by atoms with Crippen molar-refractivity contribution in [1.29, 1.82) is 0 Å². The molecule has 0 spiro atoms. The van der Waals surface area contributed by atoms with Crippen molar-refractivity contribution < 1.29 is 9.59 Å². The first-order valence-corrected chi connectivity index (χ1v) is 4.53. The lowest BCUT2D eigenvalue weighted by Gasteiger charge is -2.29. The molecule has 3 amide bonds. The molecule has 1 fully saturated rings. The lowest BCUT2D eigenvalue weighted by atomic mass is 9.92. The maximum Gasteiger partial charge on any atom is 0.339 e. The fourth-order valence-corrected chi connectivity index (χ4v) is 1.80. The number of nitrogens with two attached hydrogens (primary N) is 1. The summed E-state index contributed by atoms with van der Waals surface area (Å²) in [4.78, 5) is 23.0. The Balaban J connectivity index is 2.54. The number of carbonyl (C=O) groups excluding carboxylic acids is 2. The molecule has 0 aromatic carbocycles. The highest BCUT2D eigenvalue weighted by molar-refractivity contribution is 6.06. The highest BCUT2D eigenvalue weighted by Crippen LogP contribution is 2.32. The minimum Gasteiger partial charge on any atom is -0.280 e. The average molecular weight is 209 g/mol. The van der Waals surface area contributed by atoms with Crippen molar-refractivity contribution in [2.75, 3.05) is 0 Å². The van der Waals surface area contributed by atoms with Gasteiger partial charge < -0.3 is 0 Å². The Kier molecular flexibility index (Phi) is 1.97. The number of amides is 3. The van der Waals surface area contributed by atoms with Gasteiger partial charge in [-0.05, 0) is 12.5 Å². The number of nitrogens with one attached hydrogen (secondary N) is 2. The Labute approximate surface area is 85.6 Å². The second-order valence-corrected chi connectivity index (χ2v) is 3.31. The summed E-state index contributed by atoms with van der Waals surface area (Å²) in [6.45, 7) is 1.78. The molecule has 7 nitrogen and oxygen atoms in total. The molecule has 1 aliphatic rings. The maximum absolute atomic E-state index is 11.7. The number of H-pyrrole nitrogens is 1. The van der Waals surface area contributed by atoms with Crippen molar-refractivity contribution in [1.82, 2.24) is 20.5 Å². The van der Waals surface area contributed by atoms with E-state index in [2.05, 4.69) is 15.5 Å². The van der Waals surface area contributed by atoms with Gasteiger partial charge in [-0.1, -0.05) is 6.92 Å². The Morgan fingerprint density at radius 3 is 2.73 bits per heavy atom. The third kappa shape index (κ3) is 1.06. The van der Waals surface area contributed by atoms with E-state index in [4.69, 9.17) is 5.84 Å². The second-order valence-electron chi connectivity index (χ2n) is 3.31. The van der Waals surface area contributed by atoms with Crippen LogP contribution >= 0.6 is 0 Å². The van der Waals surface area contributed by atoms with E-state index in [1.165, 1.54) is 6.20 Å². The molecule has 1 aliphatic heterocycles. The van der Waals surface area contributed by atoms with Crippen LogP contribution in [0.5, 0.6) is 0 Å². The molecule has 15 heavy (non-hydrogen) atoms. The Bertz CT molecular complexity index is 401. The molecule has 2 rings (SSSR count). The normalized spacial score (nSPS) is 25.9. The molecule has 7 heteroatoms. The highest BCUT2D eigenvalue weighted by Gasteiger charge is 2.53. The van der Waals surface area contributed by atoms with E-state index >= 15 is 0 Å². The van der Waals surface area contributed by atoms with Gasteiger partial charge in [-0.25, -0.2) is 15.6 Å². The molecule has 0 saturated carbocycles. The summed E-state index contributed by atoms with van der Waals surface area (Å²) in [6, 6.07) is 1.03. The van der Waals surface area contributed by atoms with Gasteiger partial charge in [0.25, 0.3) is 5.91 Å². The molecule has 1 saturated heterocycles. The summed E-state index contributed by atoms with van der Waals surface area (Å²) in [7, 11) is 0. The van der Waals surface area contributed by atoms with Gasteiger partial charge in [0.15, 0.2) is 5.54 Å². The van der Waals surface area contributed by atoms with Crippen LogP contribution in [0.4, 0.5) is 4.79 Å². The molecule has 2 heterocycles. The standard InChI is InChI=1S/C8H11N5O2/c1-2-8(5-3-4-10-12-5)6(14)11-7(15)13(8)9/h3-4H,2,9H2,1H3,(H,10,12)(H,11,14,15)/t8-/m0/s1. The van der Waals surface area contributed by atoms with Crippen molar-refractivity contribution in [2.24, 2.45) is 5.84 Å². The fourth-order valence-electron chi connectivity index (χ4n) is 1.80. The number of hydrazine groups is 1. The summed E-state index contributed by atoms with van der Waals surface area (Å²) in [5.41, 5.74) is -0.649. The van der Waals surface area contributed by atoms with Crippen molar-refractivity contribution >= 4 is 11.9 Å². The van der Waals surface area contributed by atoms with E-state index in [0.29, 0.717) is 12.1 Å². The van der Waals surface area contributed by atoms with Crippen LogP contribution in [-0.2, 0) is 10.3 Å². The van der Waals surface area contributed by atoms with E-state index < -0.39 is 17.5 Å². The minimum absolute atomic E-state index is 0.378. The van der Waals surface area contributed by atoms with Crippen LogP contribution in [0.1, 0.15) is 19.0 Å². The first-order chi connectivity index (χ1) is 7.13. The third-order valence-corrected chi connectivity index (χ3v) is 2.68. The highest BCUT2D eigenvalue weighted by atomic mass is 16.2. The average Bonchev–Trinajstić information content (AvgIpc) is 2.78. The van der Waals surface area contributed by atoms with Gasteiger partial charge in [0.05, 0.1) is 5.69 Å². The first-order valence-electron chi connectivity index (χ1n) is 4.53. The van der Waals surface area contributed by atoms with Crippen molar-refractivity contribution in [3.05, 3.63) is 18.0 Å². The van der Waals surface area contributed by atoms with Gasteiger partial charge in [0.2, 0.25) is 0 Å². The Morgan fingerprint density at radius 1 is 1.60 bits per heavy atom. The molecule has 0 unspecified atom stereocenters. The number of aromatic nitrogens is 2. The molecule has 1 atom stereocenters. The monoisotopic (exact) mass is 209 g/mol. The van der Waals surface area contributed by atoms with Crippen molar-refractivity contribution in [3.8, 4) is 0 Å². The molecule has 80 valence electrons. The number of urea groups is 1. The SMILES string of the molecule is CC[C@]1(c2ccn[nH]2)C(=O)NC(=O)N1N. The number of hydrogen-bond donors (Lipinski definition) is 3. The van der Waals surface area contributed by atoms with Gasteiger partial charge >= 0.3 is 6.03 Å². The minimum atomic E-state index is -1.16. The number of aromatic amines is 1. The zero-order valence-electron chi connectivity index (χ0n) is 8.15. The van der Waals surface area contributed by atoms with Gasteiger partial charge in [0.1, 0.15) is 0 Å². The quantitative estimate of drug-likeness (QED) is 0.345. The van der Waals surface area contributed by atoms with Crippen LogP contribution in [0.3, 0.4) is 0 Å². The third-order valence-electron chi connectivity index (χ3n) is 2.68. The predicted molar refractivity (Wildman–Crippen MR) is 50.1 cm³/mol. The zero-order chi connectivity index (χ0) is 11.1. The van der Waals surface area contributed by atoms with Crippen LogP contribution in [0.25, 0.3) is 0 Å². The maximum atomic E-state index is 11.7. The van der Waals surface area contributed by atoms with E-state index in [9.17, 15) is 9.59 Å². The van der Waals surface area contributed by atoms with Crippen molar-refractivity contribution in [2.45, 2.75) is 18.9 Å². The van der Waals surface area contributed by atoms with Crippen molar-refractivity contribution in [3.63, 3.8) is 0 Å². The lowest BCUT2D eigenvalue weighted by Crippen LogP contribution is -2.50. The molecule has 0 aliphatic carbocycles. The summed E-state index contributed by atoms with van der Waals surface area (Å²) in [5, 5.41) is 9.50. The van der Waals surface area contributed by atoms with E-state index in [1.54, 1.807) is 13.0 Å². The molecule has 1 aromatic heterocycles. The Morgan fingerprint density at radius 2 is 2.33 bits per heavy atom. The molecule has 4 N–H and O–H groups in total. The number of rotatable bonds is 2. The van der Waals surface area contributed by atoms with Gasteiger partial charge in [-0.2, -0.15) is 5.10 Å². The van der Waals surface area contributed by atoms with Gasteiger partial charge in [-0.3, -0.25) is 15.2 Å². The predicted octanol–water partition coefficient (Wildman–Crippen LogP) is -0.560. The van der Waals surface area contributed by atoms with Gasteiger partial charge in [0, 0.05) is 6.20 Å². The van der Waals surface area contributed by atoms with E-state index in [1.807, 2.05) is 0 Å². The molecular formula is C8H11N5O2. The summed E-state index contributed by atoms with van der Waals surface area (Å²) >= 11 is 0.